The van der Waals surface area contributed by atoms with E-state index in [0.29, 0.717) is 0 Å². The van der Waals surface area contributed by atoms with E-state index in [4.69, 9.17) is 0 Å². The van der Waals surface area contributed by atoms with Crippen LogP contribution in [0.25, 0.3) is 132 Å². The van der Waals surface area contributed by atoms with Crippen molar-refractivity contribution in [1.29, 1.82) is 0 Å². The molecule has 0 bridgehead atoms. The number of nitrogens with zero attached hydrogens (tertiary/aromatic N) is 6. The third-order valence-corrected chi connectivity index (χ3v) is 14.4. The average Bonchev–Trinajstić information content (AvgIpc) is 3.63. The normalized spacial score (nSPS) is 10.9. The summed E-state index contributed by atoms with van der Waals surface area (Å²) in [5.74, 6) is 0. The summed E-state index contributed by atoms with van der Waals surface area (Å²) in [7, 11) is 0. The number of benzene rings is 9. The van der Waals surface area contributed by atoms with Crippen LogP contribution >= 0.6 is 0 Å². The van der Waals surface area contributed by atoms with E-state index in [9.17, 15) is 0 Å². The quantitative estimate of drug-likeness (QED) is 0.154. The molecular weight excluding hydrogens is 1010 g/mol. The molecule has 0 saturated heterocycles. The first kappa shape index (κ1) is 49.8. The minimum atomic E-state index is 0. The predicted octanol–water partition coefficient (Wildman–Crippen LogP) is 18.3. The van der Waals surface area contributed by atoms with Gasteiger partial charge in [-0.1, -0.05) is 218 Å². The van der Waals surface area contributed by atoms with Crippen molar-refractivity contribution in [2.45, 2.75) is 0 Å². The Kier molecular flexibility index (Phi) is 14.3. The summed E-state index contributed by atoms with van der Waals surface area (Å²) in [6, 6.07) is 88.0. The fourth-order valence-electron chi connectivity index (χ4n) is 10.7. The van der Waals surface area contributed by atoms with Gasteiger partial charge in [0.25, 0.3) is 0 Å². The van der Waals surface area contributed by atoms with Gasteiger partial charge in [0.1, 0.15) is 0 Å². The summed E-state index contributed by atoms with van der Waals surface area (Å²) >= 11 is 0. The van der Waals surface area contributed by atoms with Gasteiger partial charge >= 0.3 is 0 Å². The standard InChI is InChI=1S/3C24H16N2.Co/c3*1-3-7-17(8-4-1)19-13-15-25-23-21(19)11-12-22-20(14-16-26-24(22)23)18-9-5-2-6-10-18;/h3*1-16H;. The van der Waals surface area contributed by atoms with Gasteiger partial charge in [-0.3, -0.25) is 29.9 Å². The first-order valence-corrected chi connectivity index (χ1v) is 26.1. The maximum absolute atomic E-state index is 4.67. The molecule has 6 aromatic heterocycles. The van der Waals surface area contributed by atoms with Crippen LogP contribution in [0.4, 0.5) is 0 Å². The van der Waals surface area contributed by atoms with Gasteiger partial charge < -0.3 is 0 Å². The zero-order valence-corrected chi connectivity index (χ0v) is 43.8. The van der Waals surface area contributed by atoms with Gasteiger partial charge in [0, 0.05) is 86.3 Å². The van der Waals surface area contributed by atoms with Crippen LogP contribution in [0.2, 0.25) is 0 Å². The summed E-state index contributed by atoms with van der Waals surface area (Å²) in [5.41, 5.74) is 19.9. The van der Waals surface area contributed by atoms with Gasteiger partial charge in [-0.05, 0) is 103 Å². The summed E-state index contributed by atoms with van der Waals surface area (Å²) in [6.07, 6.45) is 11.3. The fraction of sp³-hybridized carbons (Fsp3) is 0. The summed E-state index contributed by atoms with van der Waals surface area (Å²) in [5, 5.41) is 6.77. The van der Waals surface area contributed by atoms with Gasteiger partial charge in [0.2, 0.25) is 0 Å². The Morgan fingerprint density at radius 3 is 0.430 bits per heavy atom. The first-order valence-electron chi connectivity index (χ1n) is 26.1. The van der Waals surface area contributed by atoms with E-state index in [1.807, 2.05) is 73.6 Å². The predicted molar refractivity (Wildman–Crippen MR) is 324 cm³/mol. The van der Waals surface area contributed by atoms with E-state index in [1.54, 1.807) is 0 Å². The topological polar surface area (TPSA) is 77.3 Å². The molecule has 0 saturated carbocycles. The van der Waals surface area contributed by atoms with Crippen LogP contribution in [0.3, 0.4) is 0 Å². The van der Waals surface area contributed by atoms with Crippen LogP contribution in [-0.4, -0.2) is 29.9 Å². The smallest absolute Gasteiger partial charge is 0.0970 e. The van der Waals surface area contributed by atoms with Crippen molar-refractivity contribution < 1.29 is 16.8 Å². The molecule has 0 amide bonds. The summed E-state index contributed by atoms with van der Waals surface area (Å²) in [6.45, 7) is 0. The van der Waals surface area contributed by atoms with Crippen molar-refractivity contribution in [3.05, 3.63) is 292 Å². The fourth-order valence-corrected chi connectivity index (χ4v) is 10.7. The number of rotatable bonds is 6. The SMILES string of the molecule is [Co].c1ccc(-c2ccnc3c2ccc2c(-c4ccccc4)ccnc23)cc1.c1ccc(-c2ccnc3c2ccc2c(-c4ccccc4)ccnc23)cc1.c1ccc(-c2ccnc3c2ccc2c(-c4ccccc4)ccnc23)cc1. The summed E-state index contributed by atoms with van der Waals surface area (Å²) < 4.78 is 0. The largest absolute Gasteiger partial charge is 0.254 e. The van der Waals surface area contributed by atoms with Crippen molar-refractivity contribution in [2.75, 3.05) is 0 Å². The minimum absolute atomic E-state index is 0. The molecule has 6 heterocycles. The Balaban J connectivity index is 0.000000118. The molecular formula is C72H48CoN6. The zero-order chi connectivity index (χ0) is 52.0. The molecule has 7 heteroatoms. The third-order valence-electron chi connectivity index (χ3n) is 14.4. The van der Waals surface area contributed by atoms with Gasteiger partial charge in [-0.2, -0.15) is 0 Å². The molecule has 0 fully saturated rings. The minimum Gasteiger partial charge on any atom is -0.254 e. The molecule has 0 aliphatic heterocycles. The van der Waals surface area contributed by atoms with E-state index in [1.165, 1.54) is 66.8 Å². The van der Waals surface area contributed by atoms with Crippen molar-refractivity contribution in [3.63, 3.8) is 0 Å². The van der Waals surface area contributed by atoms with Crippen LogP contribution in [-0.2, 0) is 16.8 Å². The molecule has 0 N–H and O–H groups in total. The van der Waals surface area contributed by atoms with Crippen LogP contribution in [0.1, 0.15) is 0 Å². The van der Waals surface area contributed by atoms with Crippen molar-refractivity contribution >= 4 is 65.4 Å². The number of aromatic nitrogens is 6. The third kappa shape index (κ3) is 9.88. The molecule has 15 aromatic rings. The molecule has 15 rings (SSSR count). The number of hydrogen-bond acceptors (Lipinski definition) is 6. The van der Waals surface area contributed by atoms with Gasteiger partial charge in [-0.15, -0.1) is 0 Å². The molecule has 0 atom stereocenters. The Bertz CT molecular complexity index is 3820. The maximum Gasteiger partial charge on any atom is 0.0970 e. The van der Waals surface area contributed by atoms with Gasteiger partial charge in [-0.25, -0.2) is 0 Å². The van der Waals surface area contributed by atoms with Crippen molar-refractivity contribution in [1.82, 2.24) is 29.9 Å². The Morgan fingerprint density at radius 1 is 0.152 bits per heavy atom. The Morgan fingerprint density at radius 2 is 0.291 bits per heavy atom. The van der Waals surface area contributed by atoms with Crippen LogP contribution < -0.4 is 0 Å². The van der Waals surface area contributed by atoms with Crippen LogP contribution in [0.5, 0.6) is 0 Å². The van der Waals surface area contributed by atoms with E-state index in [2.05, 4.69) is 248 Å². The zero-order valence-electron chi connectivity index (χ0n) is 42.7. The van der Waals surface area contributed by atoms with Crippen molar-refractivity contribution in [2.24, 2.45) is 0 Å². The molecule has 6 nitrogen and oxygen atoms in total. The van der Waals surface area contributed by atoms with E-state index in [0.717, 1.165) is 65.4 Å². The second-order valence-corrected chi connectivity index (χ2v) is 18.9. The summed E-state index contributed by atoms with van der Waals surface area (Å²) in [4.78, 5) is 28.0. The molecule has 375 valence electrons. The van der Waals surface area contributed by atoms with E-state index < -0.39 is 0 Å². The molecule has 0 aliphatic carbocycles. The Labute approximate surface area is 468 Å². The molecule has 79 heavy (non-hydrogen) atoms. The van der Waals surface area contributed by atoms with Crippen LogP contribution in [0.15, 0.2) is 292 Å². The molecule has 1 radical (unpaired) electrons. The number of hydrogen-bond donors (Lipinski definition) is 0. The molecule has 0 aliphatic rings. The van der Waals surface area contributed by atoms with Gasteiger partial charge in [0.15, 0.2) is 0 Å². The Hall–Kier alpha value is -10.1. The monoisotopic (exact) mass is 1060 g/mol. The molecule has 0 spiro atoms. The van der Waals surface area contributed by atoms with Crippen LogP contribution in [0, 0.1) is 0 Å². The molecule has 9 aromatic carbocycles. The van der Waals surface area contributed by atoms with E-state index in [-0.39, 0.29) is 16.8 Å². The second kappa shape index (κ2) is 22.7. The molecule has 0 unspecified atom stereocenters. The first-order chi connectivity index (χ1) is 38.7. The van der Waals surface area contributed by atoms with Gasteiger partial charge in [0.05, 0.1) is 33.1 Å². The number of pyridine rings is 6. The maximum atomic E-state index is 4.67. The van der Waals surface area contributed by atoms with Crippen molar-refractivity contribution in [3.8, 4) is 66.8 Å². The second-order valence-electron chi connectivity index (χ2n) is 18.9. The number of fused-ring (bicyclic) bond motifs is 9. The van der Waals surface area contributed by atoms with E-state index >= 15 is 0 Å². The average molecular weight is 1060 g/mol.